The molecule has 0 fully saturated rings. The molecule has 55 valence electrons. The molecule has 0 aliphatic rings. The Morgan fingerprint density at radius 2 is 2.30 bits per heavy atom. The van der Waals surface area contributed by atoms with Crippen LogP contribution >= 0.6 is 0 Å². The summed E-state index contributed by atoms with van der Waals surface area (Å²) in [6, 6.07) is 3.73. The second-order valence-corrected chi connectivity index (χ2v) is 2.98. The lowest BCUT2D eigenvalue weighted by Crippen LogP contribution is -2.32. The van der Waals surface area contributed by atoms with Crippen molar-refractivity contribution in [2.75, 3.05) is 0 Å². The van der Waals surface area contributed by atoms with Gasteiger partial charge >= 0.3 is 0 Å². The van der Waals surface area contributed by atoms with Crippen LogP contribution in [0, 0.1) is 6.42 Å². The maximum Gasteiger partial charge on any atom is 0.109 e. The summed E-state index contributed by atoms with van der Waals surface area (Å²) in [5.41, 5.74) is 5.42. The standard InChI is InChI=1S/C8H12NO/c1-8(2,9)6-7-4-3-5-10-7/h3-6H,9H2,1-2H3. The number of hydrogen-bond acceptors (Lipinski definition) is 2. The molecule has 0 saturated heterocycles. The molecule has 2 heteroatoms. The Labute approximate surface area is 61.0 Å². The molecule has 0 aromatic carbocycles. The van der Waals surface area contributed by atoms with Crippen LogP contribution in [-0.2, 0) is 0 Å². The molecule has 0 amide bonds. The van der Waals surface area contributed by atoms with E-state index < -0.39 is 0 Å². The van der Waals surface area contributed by atoms with Crippen molar-refractivity contribution in [3.63, 3.8) is 0 Å². The molecule has 0 aliphatic carbocycles. The predicted octanol–water partition coefficient (Wildman–Crippen LogP) is 1.57. The number of hydrogen-bond donors (Lipinski definition) is 1. The zero-order valence-corrected chi connectivity index (χ0v) is 6.29. The van der Waals surface area contributed by atoms with Crippen molar-refractivity contribution >= 4 is 0 Å². The van der Waals surface area contributed by atoms with E-state index in [9.17, 15) is 0 Å². The fourth-order valence-corrected chi connectivity index (χ4v) is 0.740. The maximum absolute atomic E-state index is 5.71. The van der Waals surface area contributed by atoms with Crippen molar-refractivity contribution in [1.29, 1.82) is 0 Å². The van der Waals surface area contributed by atoms with Gasteiger partial charge in [-0.2, -0.15) is 0 Å². The largest absolute Gasteiger partial charge is 0.469 e. The van der Waals surface area contributed by atoms with Gasteiger partial charge in [0.25, 0.3) is 0 Å². The van der Waals surface area contributed by atoms with E-state index in [-0.39, 0.29) is 5.54 Å². The Morgan fingerprint density at radius 1 is 1.60 bits per heavy atom. The minimum absolute atomic E-state index is 0.294. The van der Waals surface area contributed by atoms with Gasteiger partial charge in [0, 0.05) is 12.0 Å². The summed E-state index contributed by atoms with van der Waals surface area (Å²) in [4.78, 5) is 0. The first kappa shape index (κ1) is 7.35. The van der Waals surface area contributed by atoms with Gasteiger partial charge in [0.15, 0.2) is 0 Å². The first-order valence-corrected chi connectivity index (χ1v) is 3.26. The SMILES string of the molecule is CC(C)(N)[CH]c1ccco1. The molecule has 1 aromatic rings. The molecule has 2 N–H and O–H groups in total. The molecule has 0 saturated carbocycles. The molecular weight excluding hydrogens is 126 g/mol. The van der Waals surface area contributed by atoms with E-state index in [0.29, 0.717) is 0 Å². The molecule has 0 spiro atoms. The highest BCUT2D eigenvalue weighted by molar-refractivity contribution is 5.15. The topological polar surface area (TPSA) is 39.2 Å². The van der Waals surface area contributed by atoms with Crippen molar-refractivity contribution in [2.45, 2.75) is 19.4 Å². The molecule has 10 heavy (non-hydrogen) atoms. The zero-order chi connectivity index (χ0) is 7.61. The molecule has 0 bridgehead atoms. The Hall–Kier alpha value is -0.760. The summed E-state index contributed by atoms with van der Waals surface area (Å²) in [7, 11) is 0. The van der Waals surface area contributed by atoms with E-state index in [1.54, 1.807) is 6.26 Å². The summed E-state index contributed by atoms with van der Waals surface area (Å²) >= 11 is 0. The summed E-state index contributed by atoms with van der Waals surface area (Å²) < 4.78 is 5.07. The minimum atomic E-state index is -0.294. The molecule has 1 radical (unpaired) electrons. The Bertz CT molecular complexity index is 184. The number of nitrogens with two attached hydrogens (primary N) is 1. The van der Waals surface area contributed by atoms with Crippen molar-refractivity contribution in [2.24, 2.45) is 5.73 Å². The predicted molar refractivity (Wildman–Crippen MR) is 40.4 cm³/mol. The summed E-state index contributed by atoms with van der Waals surface area (Å²) in [6.45, 7) is 3.85. The second kappa shape index (κ2) is 2.46. The van der Waals surface area contributed by atoms with E-state index >= 15 is 0 Å². The summed E-state index contributed by atoms with van der Waals surface area (Å²) in [5.74, 6) is 0.826. The van der Waals surface area contributed by atoms with Crippen LogP contribution in [0.3, 0.4) is 0 Å². The van der Waals surface area contributed by atoms with Crippen molar-refractivity contribution in [1.82, 2.24) is 0 Å². The van der Waals surface area contributed by atoms with Crippen molar-refractivity contribution in [3.8, 4) is 0 Å². The third kappa shape index (κ3) is 2.23. The van der Waals surface area contributed by atoms with Gasteiger partial charge in [0.2, 0.25) is 0 Å². The van der Waals surface area contributed by atoms with Crippen LogP contribution in [0.4, 0.5) is 0 Å². The first-order chi connectivity index (χ1) is 4.58. The smallest absolute Gasteiger partial charge is 0.109 e. The van der Waals surface area contributed by atoms with Crippen LogP contribution in [0.5, 0.6) is 0 Å². The van der Waals surface area contributed by atoms with Crippen LogP contribution < -0.4 is 5.73 Å². The highest BCUT2D eigenvalue weighted by Crippen LogP contribution is 2.11. The van der Waals surface area contributed by atoms with Gasteiger partial charge in [-0.05, 0) is 26.0 Å². The molecule has 0 atom stereocenters. The monoisotopic (exact) mass is 138 g/mol. The van der Waals surface area contributed by atoms with Gasteiger partial charge in [-0.15, -0.1) is 0 Å². The molecule has 0 unspecified atom stereocenters. The van der Waals surface area contributed by atoms with Crippen LogP contribution in [0.1, 0.15) is 19.6 Å². The van der Waals surface area contributed by atoms with Crippen molar-refractivity contribution in [3.05, 3.63) is 30.6 Å². The van der Waals surface area contributed by atoms with Gasteiger partial charge in [0.1, 0.15) is 5.76 Å². The highest BCUT2D eigenvalue weighted by Gasteiger charge is 2.13. The van der Waals surface area contributed by atoms with E-state index in [1.165, 1.54) is 0 Å². The third-order valence-electron chi connectivity index (χ3n) is 1.06. The van der Waals surface area contributed by atoms with Crippen LogP contribution in [-0.4, -0.2) is 5.54 Å². The van der Waals surface area contributed by atoms with Gasteiger partial charge in [0.05, 0.1) is 6.26 Å². The molecule has 1 aromatic heterocycles. The number of furan rings is 1. The lowest BCUT2D eigenvalue weighted by atomic mass is 10.0. The average Bonchev–Trinajstić information content (AvgIpc) is 2.12. The van der Waals surface area contributed by atoms with Crippen LogP contribution in [0.25, 0.3) is 0 Å². The van der Waals surface area contributed by atoms with Gasteiger partial charge in [-0.25, -0.2) is 0 Å². The zero-order valence-electron chi connectivity index (χ0n) is 6.29. The van der Waals surface area contributed by atoms with Crippen LogP contribution in [0.15, 0.2) is 22.8 Å². The molecule has 2 nitrogen and oxygen atoms in total. The van der Waals surface area contributed by atoms with E-state index in [0.717, 1.165) is 5.76 Å². The van der Waals surface area contributed by atoms with E-state index in [1.807, 2.05) is 32.4 Å². The highest BCUT2D eigenvalue weighted by atomic mass is 16.3. The van der Waals surface area contributed by atoms with Gasteiger partial charge < -0.3 is 10.2 Å². The number of rotatable bonds is 2. The summed E-state index contributed by atoms with van der Waals surface area (Å²) in [5, 5.41) is 0. The maximum atomic E-state index is 5.71. The van der Waals surface area contributed by atoms with Crippen LogP contribution in [0.2, 0.25) is 0 Å². The second-order valence-electron chi connectivity index (χ2n) is 2.98. The molecule has 1 rings (SSSR count). The lowest BCUT2D eigenvalue weighted by Gasteiger charge is -2.15. The van der Waals surface area contributed by atoms with E-state index in [2.05, 4.69) is 0 Å². The third-order valence-corrected chi connectivity index (χ3v) is 1.06. The van der Waals surface area contributed by atoms with E-state index in [4.69, 9.17) is 10.2 Å². The molecular formula is C8H12NO. The Balaban J connectivity index is 2.57. The first-order valence-electron chi connectivity index (χ1n) is 3.26. The fourth-order valence-electron chi connectivity index (χ4n) is 0.740. The van der Waals surface area contributed by atoms with Gasteiger partial charge in [-0.3, -0.25) is 0 Å². The van der Waals surface area contributed by atoms with Gasteiger partial charge in [-0.1, -0.05) is 0 Å². The summed E-state index contributed by atoms with van der Waals surface area (Å²) in [6.07, 6.45) is 3.52. The molecule has 1 heterocycles. The normalized spacial score (nSPS) is 11.9. The lowest BCUT2D eigenvalue weighted by molar-refractivity contribution is 0.501. The average molecular weight is 138 g/mol. The quantitative estimate of drug-likeness (QED) is 0.673. The fraction of sp³-hybridized carbons (Fsp3) is 0.375. The Kier molecular flexibility index (Phi) is 1.81. The van der Waals surface area contributed by atoms with Crippen molar-refractivity contribution < 1.29 is 4.42 Å². The Morgan fingerprint density at radius 3 is 2.70 bits per heavy atom. The minimum Gasteiger partial charge on any atom is -0.469 e. The molecule has 0 aliphatic heterocycles.